The van der Waals surface area contributed by atoms with Crippen molar-refractivity contribution in [1.29, 1.82) is 0 Å². The summed E-state index contributed by atoms with van der Waals surface area (Å²) < 4.78 is 5.11. The first-order chi connectivity index (χ1) is 8.20. The highest BCUT2D eigenvalue weighted by Crippen LogP contribution is 2.23. The minimum atomic E-state index is -0.163. The molecule has 0 aliphatic carbocycles. The van der Waals surface area contributed by atoms with Crippen LogP contribution in [0.5, 0.6) is 5.75 Å². The first kappa shape index (κ1) is 11.5. The number of ether oxygens (including phenoxy) is 1. The number of hydrogen-bond acceptors (Lipinski definition) is 3. The van der Waals surface area contributed by atoms with Crippen molar-refractivity contribution in [3.05, 3.63) is 59.7 Å². The second kappa shape index (κ2) is 4.89. The van der Waals surface area contributed by atoms with Crippen LogP contribution < -0.4 is 16.2 Å². The van der Waals surface area contributed by atoms with E-state index in [1.165, 1.54) is 0 Å². The van der Waals surface area contributed by atoms with Gasteiger partial charge >= 0.3 is 0 Å². The van der Waals surface area contributed by atoms with Gasteiger partial charge in [-0.05, 0) is 35.4 Å². The molecule has 0 aliphatic rings. The first-order valence-electron chi connectivity index (χ1n) is 5.45. The topological polar surface area (TPSA) is 61.3 Å². The molecule has 1 unspecified atom stereocenters. The van der Waals surface area contributed by atoms with E-state index in [1.54, 1.807) is 7.11 Å². The van der Waals surface area contributed by atoms with E-state index < -0.39 is 0 Å². The molecule has 0 fully saturated rings. The van der Waals surface area contributed by atoms with Crippen molar-refractivity contribution in [1.82, 2.24) is 0 Å². The summed E-state index contributed by atoms with van der Waals surface area (Å²) >= 11 is 0. The van der Waals surface area contributed by atoms with Crippen molar-refractivity contribution in [2.45, 2.75) is 6.04 Å². The molecule has 17 heavy (non-hydrogen) atoms. The van der Waals surface area contributed by atoms with Crippen molar-refractivity contribution in [3.63, 3.8) is 0 Å². The smallest absolute Gasteiger partial charge is 0.118 e. The van der Waals surface area contributed by atoms with Crippen molar-refractivity contribution in [2.24, 2.45) is 5.73 Å². The number of hydrogen-bond donors (Lipinski definition) is 2. The van der Waals surface area contributed by atoms with Crippen LogP contribution in [0.4, 0.5) is 5.69 Å². The summed E-state index contributed by atoms with van der Waals surface area (Å²) in [5, 5.41) is 0. The summed E-state index contributed by atoms with van der Waals surface area (Å²) in [6, 6.07) is 15.2. The molecule has 0 spiro atoms. The maximum Gasteiger partial charge on any atom is 0.118 e. The third kappa shape index (κ3) is 2.57. The average Bonchev–Trinajstić information content (AvgIpc) is 2.38. The third-order valence-electron chi connectivity index (χ3n) is 2.74. The molecular formula is C14H16N2O. The third-order valence-corrected chi connectivity index (χ3v) is 2.74. The SMILES string of the molecule is COc1ccc(C(N)c2cccc(N)c2)cc1. The Balaban J connectivity index is 2.27. The van der Waals surface area contributed by atoms with Crippen LogP contribution in [0.25, 0.3) is 0 Å². The van der Waals surface area contributed by atoms with Crippen LogP contribution >= 0.6 is 0 Å². The molecule has 3 nitrogen and oxygen atoms in total. The van der Waals surface area contributed by atoms with Crippen LogP contribution in [0.3, 0.4) is 0 Å². The molecule has 0 amide bonds. The highest BCUT2D eigenvalue weighted by Gasteiger charge is 2.08. The predicted molar refractivity (Wildman–Crippen MR) is 69.9 cm³/mol. The van der Waals surface area contributed by atoms with Crippen LogP contribution in [0, 0.1) is 0 Å². The number of benzene rings is 2. The molecule has 0 aliphatic heterocycles. The van der Waals surface area contributed by atoms with Crippen LogP contribution in [-0.2, 0) is 0 Å². The van der Waals surface area contributed by atoms with Gasteiger partial charge in [-0.2, -0.15) is 0 Å². The van der Waals surface area contributed by atoms with Crippen molar-refractivity contribution in [3.8, 4) is 5.75 Å². The van der Waals surface area contributed by atoms with E-state index in [9.17, 15) is 0 Å². The maximum absolute atomic E-state index is 6.18. The van der Waals surface area contributed by atoms with Crippen molar-refractivity contribution >= 4 is 5.69 Å². The number of nitrogen functional groups attached to an aromatic ring is 1. The Hall–Kier alpha value is -2.00. The fourth-order valence-electron chi connectivity index (χ4n) is 1.76. The Morgan fingerprint density at radius 1 is 1.00 bits per heavy atom. The van der Waals surface area contributed by atoms with Crippen LogP contribution in [-0.4, -0.2) is 7.11 Å². The molecule has 0 aromatic heterocycles. The molecule has 2 aromatic carbocycles. The summed E-state index contributed by atoms with van der Waals surface area (Å²) in [4.78, 5) is 0. The van der Waals surface area contributed by atoms with Crippen LogP contribution in [0.1, 0.15) is 17.2 Å². The van der Waals surface area contributed by atoms with Crippen LogP contribution in [0.15, 0.2) is 48.5 Å². The number of nitrogens with two attached hydrogens (primary N) is 2. The second-order valence-corrected chi connectivity index (χ2v) is 3.92. The first-order valence-corrected chi connectivity index (χ1v) is 5.45. The number of rotatable bonds is 3. The van der Waals surface area contributed by atoms with Crippen LogP contribution in [0.2, 0.25) is 0 Å². The van der Waals surface area contributed by atoms with E-state index in [-0.39, 0.29) is 6.04 Å². The molecule has 2 rings (SSSR count). The van der Waals surface area contributed by atoms with Gasteiger partial charge in [-0.1, -0.05) is 24.3 Å². The summed E-state index contributed by atoms with van der Waals surface area (Å²) in [6.07, 6.45) is 0. The average molecular weight is 228 g/mol. The predicted octanol–water partition coefficient (Wildman–Crippen LogP) is 2.33. The molecule has 0 bridgehead atoms. The normalized spacial score (nSPS) is 12.1. The monoisotopic (exact) mass is 228 g/mol. The molecule has 1 atom stereocenters. The molecule has 0 heterocycles. The number of anilines is 1. The van der Waals surface area contributed by atoms with E-state index in [0.717, 1.165) is 22.6 Å². The fourth-order valence-corrected chi connectivity index (χ4v) is 1.76. The van der Waals surface area contributed by atoms with E-state index in [4.69, 9.17) is 16.2 Å². The standard InChI is InChI=1S/C14H16N2O/c1-17-13-7-5-10(6-8-13)14(16)11-3-2-4-12(15)9-11/h2-9,14H,15-16H2,1H3. The zero-order chi connectivity index (χ0) is 12.3. The minimum Gasteiger partial charge on any atom is -0.497 e. The Morgan fingerprint density at radius 3 is 2.29 bits per heavy atom. The quantitative estimate of drug-likeness (QED) is 0.792. The second-order valence-electron chi connectivity index (χ2n) is 3.92. The highest BCUT2D eigenvalue weighted by atomic mass is 16.5. The molecular weight excluding hydrogens is 212 g/mol. The molecule has 0 saturated heterocycles. The maximum atomic E-state index is 6.18. The van der Waals surface area contributed by atoms with Gasteiger partial charge in [-0.25, -0.2) is 0 Å². The minimum absolute atomic E-state index is 0.163. The Morgan fingerprint density at radius 2 is 1.71 bits per heavy atom. The van der Waals surface area contributed by atoms with E-state index in [1.807, 2.05) is 48.5 Å². The lowest BCUT2D eigenvalue weighted by Crippen LogP contribution is -2.11. The number of methoxy groups -OCH3 is 1. The van der Waals surface area contributed by atoms with Gasteiger partial charge in [0.15, 0.2) is 0 Å². The lowest BCUT2D eigenvalue weighted by atomic mass is 9.99. The van der Waals surface area contributed by atoms with Gasteiger partial charge in [0.1, 0.15) is 5.75 Å². The molecule has 0 saturated carbocycles. The molecule has 88 valence electrons. The van der Waals surface area contributed by atoms with Gasteiger partial charge in [-0.3, -0.25) is 0 Å². The molecule has 3 heteroatoms. The Labute approximate surface area is 101 Å². The summed E-state index contributed by atoms with van der Waals surface area (Å²) in [5.74, 6) is 0.827. The molecule has 0 radical (unpaired) electrons. The lowest BCUT2D eigenvalue weighted by molar-refractivity contribution is 0.414. The summed E-state index contributed by atoms with van der Waals surface area (Å²) in [6.45, 7) is 0. The van der Waals surface area contributed by atoms with Crippen molar-refractivity contribution < 1.29 is 4.74 Å². The van der Waals surface area contributed by atoms with Gasteiger partial charge in [0.2, 0.25) is 0 Å². The fraction of sp³-hybridized carbons (Fsp3) is 0.143. The Bertz CT molecular complexity index is 494. The summed E-state index contributed by atoms with van der Waals surface area (Å²) in [5.41, 5.74) is 14.7. The molecule has 2 aromatic rings. The summed E-state index contributed by atoms with van der Waals surface area (Å²) in [7, 11) is 1.65. The van der Waals surface area contributed by atoms with Crippen molar-refractivity contribution in [2.75, 3.05) is 12.8 Å². The Kier molecular flexibility index (Phi) is 3.30. The van der Waals surface area contributed by atoms with Gasteiger partial charge in [0.25, 0.3) is 0 Å². The zero-order valence-electron chi connectivity index (χ0n) is 9.76. The zero-order valence-corrected chi connectivity index (χ0v) is 9.76. The highest BCUT2D eigenvalue weighted by molar-refractivity contribution is 5.44. The largest absolute Gasteiger partial charge is 0.497 e. The van der Waals surface area contributed by atoms with Gasteiger partial charge < -0.3 is 16.2 Å². The van der Waals surface area contributed by atoms with Gasteiger partial charge in [-0.15, -0.1) is 0 Å². The van der Waals surface area contributed by atoms with Gasteiger partial charge in [0.05, 0.1) is 13.2 Å². The van der Waals surface area contributed by atoms with E-state index >= 15 is 0 Å². The van der Waals surface area contributed by atoms with E-state index in [2.05, 4.69) is 0 Å². The van der Waals surface area contributed by atoms with E-state index in [0.29, 0.717) is 0 Å². The molecule has 4 N–H and O–H groups in total. The van der Waals surface area contributed by atoms with Gasteiger partial charge in [0, 0.05) is 5.69 Å². The lowest BCUT2D eigenvalue weighted by Gasteiger charge is -2.13.